The molecular formula is C25H31Cl2N3O3S. The van der Waals surface area contributed by atoms with Crippen LogP contribution < -0.4 is 19.7 Å². The largest absolute Gasteiger partial charge is 0.497 e. The molecule has 1 fully saturated rings. The minimum Gasteiger partial charge on any atom is -0.497 e. The van der Waals surface area contributed by atoms with E-state index in [1.807, 2.05) is 53.9 Å². The second-order valence-corrected chi connectivity index (χ2v) is 8.62. The van der Waals surface area contributed by atoms with Crippen molar-refractivity contribution in [1.29, 1.82) is 0 Å². The lowest BCUT2D eigenvalue weighted by atomic mass is 10.2. The third-order valence-electron chi connectivity index (χ3n) is 5.57. The number of rotatable bonds is 9. The average Bonchev–Trinajstić information content (AvgIpc) is 3.39. The molecule has 0 atom stereocenters. The van der Waals surface area contributed by atoms with E-state index in [0.29, 0.717) is 13.2 Å². The van der Waals surface area contributed by atoms with Crippen LogP contribution in [0.1, 0.15) is 15.2 Å². The minimum atomic E-state index is 0. The van der Waals surface area contributed by atoms with E-state index < -0.39 is 0 Å². The fourth-order valence-corrected chi connectivity index (χ4v) is 4.44. The fourth-order valence-electron chi connectivity index (χ4n) is 3.80. The molecule has 4 rings (SSSR count). The van der Waals surface area contributed by atoms with Crippen LogP contribution >= 0.6 is 36.2 Å². The highest BCUT2D eigenvalue weighted by Crippen LogP contribution is 2.29. The zero-order chi connectivity index (χ0) is 22.2. The summed E-state index contributed by atoms with van der Waals surface area (Å²) in [6.07, 6.45) is 0. The molecule has 9 heteroatoms. The van der Waals surface area contributed by atoms with Gasteiger partial charge in [-0.3, -0.25) is 9.69 Å². The molecule has 1 N–H and O–H groups in total. The summed E-state index contributed by atoms with van der Waals surface area (Å²) >= 11 is 1.47. The lowest BCUT2D eigenvalue weighted by molar-refractivity contribution is 0.0952. The van der Waals surface area contributed by atoms with Crippen molar-refractivity contribution >= 4 is 47.7 Å². The molecule has 0 radical (unpaired) electrons. The molecule has 3 aromatic rings. The molecule has 1 aliphatic rings. The first-order valence-corrected chi connectivity index (χ1v) is 11.7. The smallest absolute Gasteiger partial charge is 0.261 e. The van der Waals surface area contributed by atoms with Crippen LogP contribution in [0.15, 0.2) is 66.0 Å². The number of thiophene rings is 1. The number of nitrogens with zero attached hydrogens (tertiary/aromatic N) is 2. The van der Waals surface area contributed by atoms with Crippen LogP contribution in [-0.2, 0) is 6.61 Å². The Morgan fingerprint density at radius 1 is 1.00 bits per heavy atom. The SMILES string of the molecule is COc1cccc(COc2ccccc2N2CCN(CCNC(=O)c3cccs3)CC2)c1.Cl.Cl. The number of piperazine rings is 1. The van der Waals surface area contributed by atoms with E-state index in [2.05, 4.69) is 27.2 Å². The first kappa shape index (κ1) is 27.8. The van der Waals surface area contributed by atoms with Crippen molar-refractivity contribution in [2.75, 3.05) is 51.3 Å². The van der Waals surface area contributed by atoms with Crippen LogP contribution in [-0.4, -0.2) is 57.2 Å². The molecule has 0 aliphatic carbocycles. The molecular weight excluding hydrogens is 493 g/mol. The number of carbonyl (C=O) groups excluding carboxylic acids is 1. The molecule has 6 nitrogen and oxygen atoms in total. The maximum Gasteiger partial charge on any atom is 0.261 e. The van der Waals surface area contributed by atoms with Crippen molar-refractivity contribution in [2.45, 2.75) is 6.61 Å². The summed E-state index contributed by atoms with van der Waals surface area (Å²) in [5.74, 6) is 1.75. The Morgan fingerprint density at radius 2 is 1.79 bits per heavy atom. The predicted molar refractivity (Wildman–Crippen MR) is 144 cm³/mol. The maximum atomic E-state index is 12.1. The number of halogens is 2. The summed E-state index contributed by atoms with van der Waals surface area (Å²) in [6.45, 7) is 5.79. The molecule has 34 heavy (non-hydrogen) atoms. The van der Waals surface area contributed by atoms with Gasteiger partial charge in [0.05, 0.1) is 17.7 Å². The summed E-state index contributed by atoms with van der Waals surface area (Å²) in [7, 11) is 1.67. The molecule has 2 heterocycles. The third kappa shape index (κ3) is 7.53. The van der Waals surface area contributed by atoms with Gasteiger partial charge in [-0.25, -0.2) is 0 Å². The number of ether oxygens (including phenoxy) is 2. The number of carbonyl (C=O) groups is 1. The van der Waals surface area contributed by atoms with E-state index in [1.54, 1.807) is 7.11 Å². The number of para-hydroxylation sites is 2. The first-order chi connectivity index (χ1) is 15.7. The normalized spacial score (nSPS) is 13.4. The molecule has 1 aromatic heterocycles. The molecule has 184 valence electrons. The molecule has 2 aromatic carbocycles. The Balaban J connectivity index is 0.00000204. The molecule has 1 aliphatic heterocycles. The second-order valence-electron chi connectivity index (χ2n) is 7.67. The van der Waals surface area contributed by atoms with Crippen LogP contribution in [0.4, 0.5) is 5.69 Å². The molecule has 0 unspecified atom stereocenters. The first-order valence-electron chi connectivity index (χ1n) is 10.9. The average molecular weight is 525 g/mol. The minimum absolute atomic E-state index is 0. The van der Waals surface area contributed by atoms with Gasteiger partial charge in [0.1, 0.15) is 18.1 Å². The van der Waals surface area contributed by atoms with Gasteiger partial charge in [-0.2, -0.15) is 0 Å². The van der Waals surface area contributed by atoms with E-state index in [9.17, 15) is 4.79 Å². The Labute approximate surface area is 217 Å². The Hall–Kier alpha value is -2.45. The summed E-state index contributed by atoms with van der Waals surface area (Å²) in [4.78, 5) is 17.6. The Kier molecular flexibility index (Phi) is 11.5. The number of nitrogens with one attached hydrogen (secondary N) is 1. The third-order valence-corrected chi connectivity index (χ3v) is 6.43. The van der Waals surface area contributed by atoms with Gasteiger partial charge in [0, 0.05) is 39.3 Å². The number of methoxy groups -OCH3 is 1. The number of amides is 1. The van der Waals surface area contributed by atoms with Gasteiger partial charge in [0.25, 0.3) is 5.91 Å². The lowest BCUT2D eigenvalue weighted by Crippen LogP contribution is -2.48. The van der Waals surface area contributed by atoms with E-state index >= 15 is 0 Å². The topological polar surface area (TPSA) is 54.0 Å². The van der Waals surface area contributed by atoms with Gasteiger partial charge in [0.15, 0.2) is 0 Å². The zero-order valence-electron chi connectivity index (χ0n) is 19.1. The number of hydrogen-bond acceptors (Lipinski definition) is 6. The molecule has 0 spiro atoms. The number of anilines is 1. The maximum absolute atomic E-state index is 12.1. The second kappa shape index (κ2) is 14.1. The molecule has 1 saturated heterocycles. The van der Waals surface area contributed by atoms with Gasteiger partial charge >= 0.3 is 0 Å². The Bertz CT molecular complexity index is 1010. The fraction of sp³-hybridized carbons (Fsp3) is 0.320. The molecule has 0 saturated carbocycles. The lowest BCUT2D eigenvalue weighted by Gasteiger charge is -2.36. The number of hydrogen-bond donors (Lipinski definition) is 1. The van der Waals surface area contributed by atoms with Crippen molar-refractivity contribution < 1.29 is 14.3 Å². The Morgan fingerprint density at radius 3 is 2.53 bits per heavy atom. The highest BCUT2D eigenvalue weighted by atomic mass is 35.5. The summed E-state index contributed by atoms with van der Waals surface area (Å²) in [5.41, 5.74) is 2.20. The molecule has 1 amide bonds. The van der Waals surface area contributed by atoms with Crippen LogP contribution in [0.3, 0.4) is 0 Å². The summed E-state index contributed by atoms with van der Waals surface area (Å²) in [5, 5.41) is 4.94. The van der Waals surface area contributed by atoms with E-state index in [4.69, 9.17) is 9.47 Å². The summed E-state index contributed by atoms with van der Waals surface area (Å²) < 4.78 is 11.5. The van der Waals surface area contributed by atoms with Crippen molar-refractivity contribution in [3.63, 3.8) is 0 Å². The molecule has 0 bridgehead atoms. The van der Waals surface area contributed by atoms with Gasteiger partial charge < -0.3 is 19.7 Å². The van der Waals surface area contributed by atoms with Crippen molar-refractivity contribution in [3.05, 3.63) is 76.5 Å². The van der Waals surface area contributed by atoms with Crippen LogP contribution in [0, 0.1) is 0 Å². The highest BCUT2D eigenvalue weighted by Gasteiger charge is 2.20. The van der Waals surface area contributed by atoms with Crippen LogP contribution in [0.2, 0.25) is 0 Å². The van der Waals surface area contributed by atoms with E-state index in [1.165, 1.54) is 11.3 Å². The standard InChI is InChI=1S/C25H29N3O3S.2ClH/c1-30-21-7-4-6-20(18-21)19-31-23-9-3-2-8-22(23)28-15-13-27(14-16-28)12-11-26-25(29)24-10-5-17-32-24;;/h2-10,17-18H,11-16,19H2,1H3,(H,26,29);2*1H. The van der Waals surface area contributed by atoms with Gasteiger partial charge in [-0.1, -0.05) is 30.3 Å². The zero-order valence-corrected chi connectivity index (χ0v) is 21.6. The quantitative estimate of drug-likeness (QED) is 0.439. The van der Waals surface area contributed by atoms with Crippen molar-refractivity contribution in [3.8, 4) is 11.5 Å². The van der Waals surface area contributed by atoms with Gasteiger partial charge in [-0.15, -0.1) is 36.2 Å². The predicted octanol–water partition coefficient (Wildman–Crippen LogP) is 4.73. The van der Waals surface area contributed by atoms with E-state index in [0.717, 1.165) is 60.4 Å². The summed E-state index contributed by atoms with van der Waals surface area (Å²) in [6, 6.07) is 19.9. The number of benzene rings is 2. The van der Waals surface area contributed by atoms with Gasteiger partial charge in [-0.05, 0) is 41.3 Å². The van der Waals surface area contributed by atoms with Gasteiger partial charge in [0.2, 0.25) is 0 Å². The van der Waals surface area contributed by atoms with Crippen molar-refractivity contribution in [1.82, 2.24) is 10.2 Å². The highest BCUT2D eigenvalue weighted by molar-refractivity contribution is 7.12. The monoisotopic (exact) mass is 523 g/mol. The van der Waals surface area contributed by atoms with Crippen LogP contribution in [0.5, 0.6) is 11.5 Å². The van der Waals surface area contributed by atoms with Crippen molar-refractivity contribution in [2.24, 2.45) is 0 Å². The van der Waals surface area contributed by atoms with Crippen LogP contribution in [0.25, 0.3) is 0 Å². The van der Waals surface area contributed by atoms with E-state index in [-0.39, 0.29) is 30.7 Å².